The Labute approximate surface area is 103 Å². The predicted molar refractivity (Wildman–Crippen MR) is 67.1 cm³/mol. The second-order valence-corrected chi connectivity index (χ2v) is 6.37. The van der Waals surface area contributed by atoms with Crippen LogP contribution in [0.4, 0.5) is 4.39 Å². The quantitative estimate of drug-likeness (QED) is 0.827. The monoisotopic (exact) mass is 236 g/mol. The van der Waals surface area contributed by atoms with Crippen molar-refractivity contribution < 1.29 is 9.50 Å². The van der Waals surface area contributed by atoms with Crippen LogP contribution in [0.3, 0.4) is 0 Å². The van der Waals surface area contributed by atoms with Gasteiger partial charge in [0.05, 0.1) is 6.10 Å². The fraction of sp³-hybridized carbons (Fsp3) is 0.600. The topological polar surface area (TPSA) is 20.2 Å². The molecule has 1 saturated carbocycles. The van der Waals surface area contributed by atoms with E-state index in [1.54, 1.807) is 19.1 Å². The van der Waals surface area contributed by atoms with E-state index >= 15 is 0 Å². The molecule has 0 spiro atoms. The van der Waals surface area contributed by atoms with Gasteiger partial charge in [0.2, 0.25) is 0 Å². The molecular weight excluding hydrogens is 215 g/mol. The zero-order valence-corrected chi connectivity index (χ0v) is 11.2. The van der Waals surface area contributed by atoms with Gasteiger partial charge in [0.1, 0.15) is 5.82 Å². The van der Waals surface area contributed by atoms with Crippen molar-refractivity contribution in [2.75, 3.05) is 0 Å². The lowest BCUT2D eigenvalue weighted by Gasteiger charge is -2.14. The van der Waals surface area contributed by atoms with Crippen molar-refractivity contribution >= 4 is 0 Å². The summed E-state index contributed by atoms with van der Waals surface area (Å²) in [5.41, 5.74) is 1.69. The van der Waals surface area contributed by atoms with E-state index in [0.717, 1.165) is 5.56 Å². The molecule has 0 radical (unpaired) electrons. The summed E-state index contributed by atoms with van der Waals surface area (Å²) in [7, 11) is 0. The van der Waals surface area contributed by atoms with E-state index in [0.29, 0.717) is 5.56 Å². The number of hydrogen-bond donors (Lipinski definition) is 1. The first-order valence-electron chi connectivity index (χ1n) is 6.13. The fourth-order valence-corrected chi connectivity index (χ4v) is 3.08. The van der Waals surface area contributed by atoms with Crippen molar-refractivity contribution in [3.05, 3.63) is 35.1 Å². The molecule has 2 heteroatoms. The van der Waals surface area contributed by atoms with Gasteiger partial charge in [-0.3, -0.25) is 0 Å². The molecule has 0 aromatic heterocycles. The van der Waals surface area contributed by atoms with Crippen LogP contribution in [0.1, 0.15) is 44.9 Å². The number of aryl methyl sites for hydroxylation is 1. The maximum absolute atomic E-state index is 13.2. The van der Waals surface area contributed by atoms with Gasteiger partial charge >= 0.3 is 0 Å². The minimum Gasteiger partial charge on any atom is -0.388 e. The third-order valence-corrected chi connectivity index (χ3v) is 4.97. The lowest BCUT2D eigenvalue weighted by molar-refractivity contribution is 0.130. The third-order valence-electron chi connectivity index (χ3n) is 4.97. The van der Waals surface area contributed by atoms with Crippen LogP contribution in [0.2, 0.25) is 0 Å². The van der Waals surface area contributed by atoms with Crippen LogP contribution in [0.15, 0.2) is 18.2 Å². The fourth-order valence-electron chi connectivity index (χ4n) is 3.08. The van der Waals surface area contributed by atoms with Gasteiger partial charge in [-0.2, -0.15) is 0 Å². The van der Waals surface area contributed by atoms with Gasteiger partial charge in [-0.15, -0.1) is 0 Å². The molecule has 1 unspecified atom stereocenters. The smallest absolute Gasteiger partial charge is 0.126 e. The summed E-state index contributed by atoms with van der Waals surface area (Å²) in [6.07, 6.45) is -0.501. The van der Waals surface area contributed by atoms with Crippen LogP contribution in [-0.2, 0) is 0 Å². The first-order chi connectivity index (χ1) is 7.69. The summed E-state index contributed by atoms with van der Waals surface area (Å²) in [5.74, 6) is 0.0233. The summed E-state index contributed by atoms with van der Waals surface area (Å²) < 4.78 is 13.2. The van der Waals surface area contributed by atoms with E-state index in [1.165, 1.54) is 6.07 Å². The van der Waals surface area contributed by atoms with Crippen LogP contribution >= 0.6 is 0 Å². The molecule has 1 N–H and O–H groups in total. The highest BCUT2D eigenvalue weighted by Gasteiger charge is 2.67. The maximum Gasteiger partial charge on any atom is 0.126 e. The lowest BCUT2D eigenvalue weighted by Crippen LogP contribution is -2.06. The molecule has 94 valence electrons. The number of hydrogen-bond acceptors (Lipinski definition) is 1. The first-order valence-corrected chi connectivity index (χ1v) is 6.13. The Morgan fingerprint density at radius 1 is 1.18 bits per heavy atom. The highest BCUT2D eigenvalue weighted by Crippen LogP contribution is 2.72. The molecule has 1 aromatic rings. The lowest BCUT2D eigenvalue weighted by atomic mass is 9.98. The number of halogens is 1. The van der Waals surface area contributed by atoms with Gasteiger partial charge in [0.25, 0.3) is 0 Å². The van der Waals surface area contributed by atoms with Crippen LogP contribution in [0, 0.1) is 29.5 Å². The molecule has 17 heavy (non-hydrogen) atoms. The van der Waals surface area contributed by atoms with E-state index in [2.05, 4.69) is 27.7 Å². The van der Waals surface area contributed by atoms with Crippen LogP contribution in [-0.4, -0.2) is 5.11 Å². The summed E-state index contributed by atoms with van der Waals surface area (Å²) >= 11 is 0. The average Bonchev–Trinajstić information content (AvgIpc) is 2.61. The zero-order chi connectivity index (χ0) is 13.0. The Hall–Kier alpha value is -0.890. The summed E-state index contributed by atoms with van der Waals surface area (Å²) in [5, 5.41) is 10.4. The highest BCUT2D eigenvalue weighted by molar-refractivity contribution is 5.29. The summed E-state index contributed by atoms with van der Waals surface area (Å²) in [6.45, 7) is 10.4. The maximum atomic E-state index is 13.2. The van der Waals surface area contributed by atoms with E-state index in [9.17, 15) is 9.50 Å². The molecule has 1 fully saturated rings. The van der Waals surface area contributed by atoms with Crippen LogP contribution < -0.4 is 0 Å². The predicted octanol–water partition coefficient (Wildman–Crippen LogP) is 3.85. The Morgan fingerprint density at radius 2 is 1.71 bits per heavy atom. The van der Waals surface area contributed by atoms with Crippen LogP contribution in [0.25, 0.3) is 0 Å². The molecule has 0 amide bonds. The minimum absolute atomic E-state index is 0.134. The molecule has 0 saturated heterocycles. The van der Waals surface area contributed by atoms with E-state index in [-0.39, 0.29) is 22.6 Å². The third kappa shape index (κ3) is 1.70. The van der Waals surface area contributed by atoms with Gasteiger partial charge in [-0.25, -0.2) is 4.39 Å². The first kappa shape index (κ1) is 12.6. The largest absolute Gasteiger partial charge is 0.388 e. The number of aliphatic hydroxyl groups is 1. The van der Waals surface area contributed by atoms with Crippen LogP contribution in [0.5, 0.6) is 0 Å². The van der Waals surface area contributed by atoms with E-state index in [1.807, 2.05) is 0 Å². The molecule has 1 nitrogen and oxygen atoms in total. The highest BCUT2D eigenvalue weighted by atomic mass is 19.1. The Bertz CT molecular complexity index is 434. The van der Waals surface area contributed by atoms with Gasteiger partial charge < -0.3 is 5.11 Å². The van der Waals surface area contributed by atoms with Crippen molar-refractivity contribution in [3.63, 3.8) is 0 Å². The Morgan fingerprint density at radius 3 is 2.12 bits per heavy atom. The van der Waals surface area contributed by atoms with Gasteiger partial charge in [0, 0.05) is 5.92 Å². The van der Waals surface area contributed by atoms with Gasteiger partial charge in [-0.05, 0) is 34.9 Å². The normalized spacial score (nSPS) is 23.5. The second kappa shape index (κ2) is 3.55. The summed E-state index contributed by atoms with van der Waals surface area (Å²) in [4.78, 5) is 0. The standard InChI is InChI=1S/C15H21FO/c1-9-8-10(6-7-11(9)16)12(17)13-14(2,3)15(13,4)5/h6-8,12-13,17H,1-5H3. The van der Waals surface area contributed by atoms with Crippen molar-refractivity contribution in [2.24, 2.45) is 16.7 Å². The average molecular weight is 236 g/mol. The minimum atomic E-state index is -0.501. The number of rotatable bonds is 2. The number of aliphatic hydroxyl groups excluding tert-OH is 1. The SMILES string of the molecule is Cc1cc(C(O)C2C(C)(C)C2(C)C)ccc1F. The van der Waals surface area contributed by atoms with Crippen molar-refractivity contribution in [2.45, 2.75) is 40.7 Å². The molecule has 1 aliphatic carbocycles. The molecule has 1 aromatic carbocycles. The van der Waals surface area contributed by atoms with Crippen molar-refractivity contribution in [3.8, 4) is 0 Å². The second-order valence-electron chi connectivity index (χ2n) is 6.37. The molecule has 1 atom stereocenters. The Kier molecular flexibility index (Phi) is 2.62. The number of benzene rings is 1. The molecule has 2 rings (SSSR count). The molecule has 0 heterocycles. The van der Waals surface area contributed by atoms with Crippen molar-refractivity contribution in [1.82, 2.24) is 0 Å². The van der Waals surface area contributed by atoms with Crippen molar-refractivity contribution in [1.29, 1.82) is 0 Å². The molecule has 0 aliphatic heterocycles. The molecular formula is C15H21FO. The van der Waals surface area contributed by atoms with E-state index < -0.39 is 6.10 Å². The van der Waals surface area contributed by atoms with E-state index in [4.69, 9.17) is 0 Å². The van der Waals surface area contributed by atoms with Gasteiger partial charge in [0.15, 0.2) is 0 Å². The molecule has 1 aliphatic rings. The van der Waals surface area contributed by atoms with Gasteiger partial charge in [-0.1, -0.05) is 39.8 Å². The Balaban J connectivity index is 2.28. The zero-order valence-electron chi connectivity index (χ0n) is 11.2. The molecule has 0 bridgehead atoms. The summed E-state index contributed by atoms with van der Waals surface area (Å²) in [6, 6.07) is 4.89.